The molecule has 164 valence electrons. The molecule has 0 spiro atoms. The van der Waals surface area contributed by atoms with E-state index < -0.39 is 35.7 Å². The molecule has 0 heterocycles. The van der Waals surface area contributed by atoms with Crippen LogP contribution in [0.5, 0.6) is 5.75 Å². The van der Waals surface area contributed by atoms with Crippen molar-refractivity contribution in [3.63, 3.8) is 0 Å². The minimum atomic E-state index is -5.69. The predicted octanol–water partition coefficient (Wildman–Crippen LogP) is 5.15. The first-order chi connectivity index (χ1) is 13.6. The quantitative estimate of drug-likeness (QED) is 0.189. The van der Waals surface area contributed by atoms with E-state index in [1.165, 1.54) is 0 Å². The third-order valence-corrected chi connectivity index (χ3v) is 4.66. The van der Waals surface area contributed by atoms with Gasteiger partial charge >= 0.3 is 18.1 Å². The van der Waals surface area contributed by atoms with E-state index >= 15 is 0 Å². The lowest BCUT2D eigenvalue weighted by Crippen LogP contribution is -2.39. The van der Waals surface area contributed by atoms with Gasteiger partial charge in [0.25, 0.3) is 6.17 Å². The molecule has 0 amide bonds. The normalized spacial score (nSPS) is 21.6. The van der Waals surface area contributed by atoms with Crippen LogP contribution in [0.2, 0.25) is 0 Å². The van der Waals surface area contributed by atoms with E-state index in [4.69, 9.17) is 14.2 Å². The highest BCUT2D eigenvalue weighted by molar-refractivity contribution is 5.75. The molecule has 1 unspecified atom stereocenters. The average Bonchev–Trinajstić information content (AvgIpc) is 2.68. The second-order valence-corrected chi connectivity index (χ2v) is 6.72. The molecule has 4 nitrogen and oxygen atoms in total. The number of ether oxygens (including phenoxy) is 3. The van der Waals surface area contributed by atoms with E-state index in [0.717, 1.165) is 12.1 Å². The van der Waals surface area contributed by atoms with Gasteiger partial charge in [-0.05, 0) is 56.9 Å². The number of halogens is 6. The molecule has 0 bridgehead atoms. The monoisotopic (exact) mass is 428 g/mol. The number of hydrogen-bond donors (Lipinski definition) is 0. The van der Waals surface area contributed by atoms with Gasteiger partial charge in [-0.15, -0.1) is 0 Å². The van der Waals surface area contributed by atoms with E-state index in [1.807, 2.05) is 6.92 Å². The topological polar surface area (TPSA) is 44.8 Å². The van der Waals surface area contributed by atoms with Crippen LogP contribution >= 0.6 is 0 Å². The standard InChI is InChI=1S/C19H22F6O4/c1-2-27-11-28-14-7-3-12(4-8-14)16(26)29-15-9-5-13(6-10-15)18(21,22)17(20)19(23,24)25/h5-6,9-10,12,14,17H,2-4,7-8,11H2,1H3. The van der Waals surface area contributed by atoms with E-state index in [-0.39, 0.29) is 18.6 Å². The van der Waals surface area contributed by atoms with Crippen molar-refractivity contribution >= 4 is 5.97 Å². The van der Waals surface area contributed by atoms with Gasteiger partial charge in [0.15, 0.2) is 0 Å². The Bertz CT molecular complexity index is 654. The summed E-state index contributed by atoms with van der Waals surface area (Å²) < 4.78 is 92.9. The molecule has 1 saturated carbocycles. The molecule has 0 aromatic heterocycles. The number of rotatable bonds is 8. The molecule has 1 aromatic carbocycles. The van der Waals surface area contributed by atoms with Gasteiger partial charge in [-0.3, -0.25) is 4.79 Å². The van der Waals surface area contributed by atoms with Crippen LogP contribution in [-0.2, 0) is 20.2 Å². The van der Waals surface area contributed by atoms with E-state index in [1.54, 1.807) is 0 Å². The zero-order chi connectivity index (χ0) is 21.7. The summed E-state index contributed by atoms with van der Waals surface area (Å²) in [5.74, 6) is -5.82. The van der Waals surface area contributed by atoms with Crippen LogP contribution in [0.25, 0.3) is 0 Å². The maximum Gasteiger partial charge on any atom is 0.426 e. The average molecular weight is 428 g/mol. The van der Waals surface area contributed by atoms with Crippen LogP contribution in [-0.4, -0.2) is 37.8 Å². The third-order valence-electron chi connectivity index (χ3n) is 4.66. The maximum atomic E-state index is 13.7. The number of hydrogen-bond acceptors (Lipinski definition) is 4. The Morgan fingerprint density at radius 1 is 1.07 bits per heavy atom. The van der Waals surface area contributed by atoms with Crippen molar-refractivity contribution in [3.8, 4) is 5.75 Å². The largest absolute Gasteiger partial charge is 0.426 e. The van der Waals surface area contributed by atoms with Gasteiger partial charge in [0.1, 0.15) is 12.5 Å². The first-order valence-electron chi connectivity index (χ1n) is 9.15. The fourth-order valence-corrected chi connectivity index (χ4v) is 2.99. The second-order valence-electron chi connectivity index (χ2n) is 6.72. The Morgan fingerprint density at radius 3 is 2.17 bits per heavy atom. The van der Waals surface area contributed by atoms with Crippen molar-refractivity contribution in [2.24, 2.45) is 5.92 Å². The Labute approximate surface area is 164 Å². The van der Waals surface area contributed by atoms with Gasteiger partial charge in [0.05, 0.1) is 12.0 Å². The fourth-order valence-electron chi connectivity index (χ4n) is 2.99. The van der Waals surface area contributed by atoms with E-state index in [0.29, 0.717) is 44.4 Å². The molecule has 1 aromatic rings. The van der Waals surface area contributed by atoms with Crippen LogP contribution < -0.4 is 4.74 Å². The maximum absolute atomic E-state index is 13.7. The van der Waals surface area contributed by atoms with Gasteiger partial charge in [-0.1, -0.05) is 0 Å². The van der Waals surface area contributed by atoms with Crippen molar-refractivity contribution in [1.82, 2.24) is 0 Å². The molecule has 0 radical (unpaired) electrons. The molecular formula is C19H22F6O4. The fraction of sp³-hybridized carbons (Fsp3) is 0.632. The SMILES string of the molecule is CCOCOC1CCC(C(=O)Oc2ccc(C(F)(F)C(F)C(F)(F)F)cc2)CC1. The number of carbonyl (C=O) groups is 1. The number of esters is 1. The highest BCUT2D eigenvalue weighted by Crippen LogP contribution is 2.42. The summed E-state index contributed by atoms with van der Waals surface area (Å²) in [6.45, 7) is 2.56. The molecule has 0 saturated heterocycles. The Morgan fingerprint density at radius 2 is 1.66 bits per heavy atom. The van der Waals surface area contributed by atoms with Gasteiger partial charge in [0, 0.05) is 12.2 Å². The molecule has 0 N–H and O–H groups in total. The van der Waals surface area contributed by atoms with Gasteiger partial charge in [0.2, 0.25) is 0 Å². The van der Waals surface area contributed by atoms with Crippen LogP contribution in [0.15, 0.2) is 24.3 Å². The smallest absolute Gasteiger partial charge is 0.426 e. The summed E-state index contributed by atoms with van der Waals surface area (Å²) in [4.78, 5) is 12.2. The van der Waals surface area contributed by atoms with Crippen molar-refractivity contribution in [3.05, 3.63) is 29.8 Å². The lowest BCUT2D eigenvalue weighted by Gasteiger charge is -2.27. The highest BCUT2D eigenvalue weighted by Gasteiger charge is 2.57. The molecule has 1 atom stereocenters. The van der Waals surface area contributed by atoms with Crippen molar-refractivity contribution in [2.75, 3.05) is 13.4 Å². The molecular weight excluding hydrogens is 406 g/mol. The third kappa shape index (κ3) is 6.33. The first kappa shape index (κ1) is 23.5. The van der Waals surface area contributed by atoms with Gasteiger partial charge in [-0.25, -0.2) is 4.39 Å². The lowest BCUT2D eigenvalue weighted by molar-refractivity contribution is -0.248. The minimum absolute atomic E-state index is 0.0191. The number of benzene rings is 1. The number of alkyl halides is 6. The van der Waals surface area contributed by atoms with Gasteiger partial charge < -0.3 is 14.2 Å². The molecule has 2 rings (SSSR count). The summed E-state index contributed by atoms with van der Waals surface area (Å²) in [5.41, 5.74) is -1.16. The summed E-state index contributed by atoms with van der Waals surface area (Å²) in [7, 11) is 0. The summed E-state index contributed by atoms with van der Waals surface area (Å²) in [5, 5.41) is 0. The summed E-state index contributed by atoms with van der Waals surface area (Å²) in [6.07, 6.45) is -7.75. The Kier molecular flexibility index (Phi) is 7.93. The van der Waals surface area contributed by atoms with E-state index in [2.05, 4.69) is 0 Å². The first-order valence-corrected chi connectivity index (χ1v) is 9.15. The van der Waals surface area contributed by atoms with Crippen molar-refractivity contribution in [2.45, 2.75) is 57.0 Å². The van der Waals surface area contributed by atoms with Crippen LogP contribution in [0, 0.1) is 5.92 Å². The molecule has 1 aliphatic carbocycles. The van der Waals surface area contributed by atoms with Crippen molar-refractivity contribution in [1.29, 1.82) is 0 Å². The van der Waals surface area contributed by atoms with Crippen LogP contribution in [0.3, 0.4) is 0 Å². The van der Waals surface area contributed by atoms with E-state index in [9.17, 15) is 31.1 Å². The summed E-state index contributed by atoms with van der Waals surface area (Å²) >= 11 is 0. The molecule has 1 aliphatic rings. The zero-order valence-corrected chi connectivity index (χ0v) is 15.7. The van der Waals surface area contributed by atoms with Crippen molar-refractivity contribution < 1.29 is 45.3 Å². The zero-order valence-electron chi connectivity index (χ0n) is 15.7. The molecule has 1 fully saturated rings. The predicted molar refractivity (Wildman–Crippen MR) is 90.2 cm³/mol. The highest BCUT2D eigenvalue weighted by atomic mass is 19.4. The Hall–Kier alpha value is -1.81. The minimum Gasteiger partial charge on any atom is -0.426 e. The number of carbonyl (C=O) groups excluding carboxylic acids is 1. The Balaban J connectivity index is 1.89. The second kappa shape index (κ2) is 9.80. The molecule has 0 aliphatic heterocycles. The molecule has 29 heavy (non-hydrogen) atoms. The lowest BCUT2D eigenvalue weighted by atomic mass is 9.87. The van der Waals surface area contributed by atoms with Crippen LogP contribution in [0.4, 0.5) is 26.3 Å². The van der Waals surface area contributed by atoms with Crippen LogP contribution in [0.1, 0.15) is 38.2 Å². The summed E-state index contributed by atoms with van der Waals surface area (Å²) in [6, 6.07) is 3.06. The van der Waals surface area contributed by atoms with Gasteiger partial charge in [-0.2, -0.15) is 22.0 Å². The molecule has 10 heteroatoms.